The molecule has 0 spiro atoms. The number of rotatable bonds is 5. The fraction of sp³-hybridized carbons (Fsp3) is 0.263. The summed E-state index contributed by atoms with van der Waals surface area (Å²) in [5.74, 6) is 0.202. The number of hydrogen-bond acceptors (Lipinski definition) is 5. The third-order valence-corrected chi connectivity index (χ3v) is 5.34. The topological polar surface area (TPSA) is 75.8 Å². The van der Waals surface area contributed by atoms with Crippen LogP contribution in [0.5, 0.6) is 0 Å². The molecule has 1 aliphatic heterocycles. The van der Waals surface area contributed by atoms with Crippen molar-refractivity contribution in [3.05, 3.63) is 75.3 Å². The highest BCUT2D eigenvalue weighted by Gasteiger charge is 2.30. The van der Waals surface area contributed by atoms with Crippen LogP contribution in [0.4, 0.5) is 18.9 Å². The molecule has 1 aliphatic rings. The minimum Gasteiger partial charge on any atom is -0.289 e. The van der Waals surface area contributed by atoms with E-state index in [0.29, 0.717) is 35.1 Å². The first kappa shape index (κ1) is 20.8. The number of hydrogen-bond donors (Lipinski definition) is 0. The van der Waals surface area contributed by atoms with Gasteiger partial charge in [0.1, 0.15) is 0 Å². The second kappa shape index (κ2) is 8.64. The van der Waals surface area contributed by atoms with Gasteiger partial charge in [0.2, 0.25) is 5.91 Å². The van der Waals surface area contributed by atoms with Crippen LogP contribution in [0.15, 0.2) is 53.5 Å². The Morgan fingerprint density at radius 2 is 1.72 bits per heavy atom. The van der Waals surface area contributed by atoms with E-state index in [0.717, 1.165) is 12.1 Å². The van der Waals surface area contributed by atoms with Crippen LogP contribution in [-0.4, -0.2) is 34.0 Å². The molecular formula is C19H16F3N3O3S. The first-order valence-electron chi connectivity index (χ1n) is 8.61. The van der Waals surface area contributed by atoms with Gasteiger partial charge in [0.25, 0.3) is 5.69 Å². The summed E-state index contributed by atoms with van der Waals surface area (Å²) in [6.45, 7) is 0.891. The molecule has 1 amide bonds. The van der Waals surface area contributed by atoms with E-state index >= 15 is 0 Å². The highest BCUT2D eigenvalue weighted by atomic mass is 32.2. The van der Waals surface area contributed by atoms with Crippen molar-refractivity contribution in [1.82, 2.24) is 4.90 Å². The van der Waals surface area contributed by atoms with E-state index < -0.39 is 16.7 Å². The zero-order chi connectivity index (χ0) is 21.0. The molecule has 2 aromatic rings. The molecular weight excluding hydrogens is 407 g/mol. The molecule has 0 N–H and O–H groups in total. The molecule has 0 bridgehead atoms. The first-order chi connectivity index (χ1) is 13.7. The molecule has 1 heterocycles. The van der Waals surface area contributed by atoms with Gasteiger partial charge in [-0.3, -0.25) is 24.8 Å². The van der Waals surface area contributed by atoms with E-state index in [9.17, 15) is 28.1 Å². The van der Waals surface area contributed by atoms with Gasteiger partial charge < -0.3 is 0 Å². The largest absolute Gasteiger partial charge is 0.416 e. The van der Waals surface area contributed by atoms with Gasteiger partial charge in [-0.25, -0.2) is 0 Å². The number of amides is 1. The molecule has 29 heavy (non-hydrogen) atoms. The average molecular weight is 423 g/mol. The molecule has 0 radical (unpaired) electrons. The van der Waals surface area contributed by atoms with Crippen molar-refractivity contribution >= 4 is 28.5 Å². The molecule has 0 aromatic heterocycles. The minimum absolute atomic E-state index is 0.0447. The van der Waals surface area contributed by atoms with E-state index in [4.69, 9.17) is 0 Å². The lowest BCUT2D eigenvalue weighted by atomic mass is 10.1. The summed E-state index contributed by atoms with van der Waals surface area (Å²) in [5, 5.41) is 11.2. The molecule has 0 aliphatic carbocycles. The number of nitrogens with zero attached hydrogens (tertiary/aromatic N) is 3. The quantitative estimate of drug-likeness (QED) is 0.531. The van der Waals surface area contributed by atoms with Crippen molar-refractivity contribution in [2.24, 2.45) is 4.99 Å². The lowest BCUT2D eigenvalue weighted by Crippen LogP contribution is -2.34. The number of benzene rings is 2. The van der Waals surface area contributed by atoms with Crippen LogP contribution < -0.4 is 0 Å². The lowest BCUT2D eigenvalue weighted by molar-refractivity contribution is -0.384. The van der Waals surface area contributed by atoms with Gasteiger partial charge in [0.15, 0.2) is 5.17 Å². The number of non-ortho nitro benzene ring substituents is 1. The lowest BCUT2D eigenvalue weighted by Gasteiger charge is -2.18. The summed E-state index contributed by atoms with van der Waals surface area (Å²) in [7, 11) is 0. The minimum atomic E-state index is -4.37. The smallest absolute Gasteiger partial charge is 0.289 e. The summed E-state index contributed by atoms with van der Waals surface area (Å²) in [6.07, 6.45) is -4.29. The Labute approximate surface area is 168 Å². The van der Waals surface area contributed by atoms with Gasteiger partial charge in [0.05, 0.1) is 23.5 Å². The number of halogens is 3. The fourth-order valence-electron chi connectivity index (χ4n) is 2.72. The molecule has 10 heteroatoms. The summed E-state index contributed by atoms with van der Waals surface area (Å²) in [4.78, 5) is 28.6. The van der Waals surface area contributed by atoms with Gasteiger partial charge in [0, 0.05) is 24.4 Å². The maximum Gasteiger partial charge on any atom is 0.416 e. The van der Waals surface area contributed by atoms with Crippen LogP contribution in [0.1, 0.15) is 16.7 Å². The molecule has 0 saturated heterocycles. The van der Waals surface area contributed by atoms with E-state index in [1.54, 1.807) is 0 Å². The average Bonchev–Trinajstić information content (AvgIpc) is 3.15. The molecule has 152 valence electrons. The van der Waals surface area contributed by atoms with Crippen LogP contribution >= 0.6 is 11.8 Å². The fourth-order valence-corrected chi connectivity index (χ4v) is 3.74. The number of nitro groups is 1. The predicted octanol–water partition coefficient (Wildman–Crippen LogP) is 4.29. The maximum absolute atomic E-state index is 12.6. The standard InChI is InChI=1S/C19H16F3N3O3S/c20-19(21,22)15-5-1-14(2-6-15)12-29-18-23-9-10-24(18)17(26)11-13-3-7-16(8-4-13)25(27)28/h1-8H,9-12H2. The van der Waals surface area contributed by atoms with Crippen molar-refractivity contribution < 1.29 is 22.9 Å². The molecule has 0 atom stereocenters. The Balaban J connectivity index is 1.58. The third kappa shape index (κ3) is 5.35. The Hall–Kier alpha value is -2.88. The zero-order valence-corrected chi connectivity index (χ0v) is 15.9. The Morgan fingerprint density at radius 3 is 2.31 bits per heavy atom. The molecule has 0 unspecified atom stereocenters. The van der Waals surface area contributed by atoms with Crippen LogP contribution in [0.25, 0.3) is 0 Å². The monoisotopic (exact) mass is 423 g/mol. The van der Waals surface area contributed by atoms with Gasteiger partial charge in [-0.1, -0.05) is 36.0 Å². The van der Waals surface area contributed by atoms with Crippen molar-refractivity contribution in [3.8, 4) is 0 Å². The van der Waals surface area contributed by atoms with Crippen molar-refractivity contribution in [1.29, 1.82) is 0 Å². The SMILES string of the molecule is O=C(Cc1ccc([N+](=O)[O-])cc1)N1CCN=C1SCc1ccc(C(F)(F)F)cc1. The summed E-state index contributed by atoms with van der Waals surface area (Å²) in [6, 6.07) is 10.7. The Kier molecular flexibility index (Phi) is 6.21. The number of thioether (sulfide) groups is 1. The number of aliphatic imine (C=N–C) groups is 1. The van der Waals surface area contributed by atoms with Crippen LogP contribution in [0.2, 0.25) is 0 Å². The van der Waals surface area contributed by atoms with Gasteiger partial charge in [-0.2, -0.15) is 13.2 Å². The summed E-state index contributed by atoms with van der Waals surface area (Å²) < 4.78 is 37.9. The highest BCUT2D eigenvalue weighted by molar-refractivity contribution is 8.13. The number of alkyl halides is 3. The molecule has 0 fully saturated rings. The van der Waals surface area contributed by atoms with E-state index in [1.165, 1.54) is 53.1 Å². The Morgan fingerprint density at radius 1 is 1.10 bits per heavy atom. The second-order valence-electron chi connectivity index (χ2n) is 6.29. The van der Waals surface area contributed by atoms with Gasteiger partial charge in [-0.05, 0) is 23.3 Å². The van der Waals surface area contributed by atoms with Crippen LogP contribution in [0.3, 0.4) is 0 Å². The second-order valence-corrected chi connectivity index (χ2v) is 7.24. The molecule has 3 rings (SSSR count). The first-order valence-corrected chi connectivity index (χ1v) is 9.59. The number of nitro benzene ring substituents is 1. The van der Waals surface area contributed by atoms with Gasteiger partial charge >= 0.3 is 6.18 Å². The third-order valence-electron chi connectivity index (χ3n) is 4.25. The molecule has 0 saturated carbocycles. The summed E-state index contributed by atoms with van der Waals surface area (Å²) in [5.41, 5.74) is 0.598. The maximum atomic E-state index is 12.6. The number of amidine groups is 1. The summed E-state index contributed by atoms with van der Waals surface area (Å²) >= 11 is 1.29. The van der Waals surface area contributed by atoms with Crippen molar-refractivity contribution in [2.45, 2.75) is 18.3 Å². The zero-order valence-electron chi connectivity index (χ0n) is 15.1. The number of carbonyl (C=O) groups excluding carboxylic acids is 1. The van der Waals surface area contributed by atoms with Crippen LogP contribution in [0, 0.1) is 10.1 Å². The Bertz CT molecular complexity index is 928. The normalized spacial score (nSPS) is 14.0. The van der Waals surface area contributed by atoms with Crippen molar-refractivity contribution in [2.75, 3.05) is 13.1 Å². The highest BCUT2D eigenvalue weighted by Crippen LogP contribution is 2.30. The van der Waals surface area contributed by atoms with E-state index in [2.05, 4.69) is 4.99 Å². The predicted molar refractivity (Wildman–Crippen MR) is 104 cm³/mol. The van der Waals surface area contributed by atoms with E-state index in [1.807, 2.05) is 0 Å². The van der Waals surface area contributed by atoms with Crippen LogP contribution in [-0.2, 0) is 23.1 Å². The van der Waals surface area contributed by atoms with Gasteiger partial charge in [-0.15, -0.1) is 0 Å². The number of carbonyl (C=O) groups is 1. The molecule has 6 nitrogen and oxygen atoms in total. The van der Waals surface area contributed by atoms with E-state index in [-0.39, 0.29) is 18.0 Å². The molecule has 2 aromatic carbocycles. The van der Waals surface area contributed by atoms with Crippen molar-refractivity contribution in [3.63, 3.8) is 0 Å².